The molecule has 0 saturated carbocycles. The zero-order chi connectivity index (χ0) is 16.1. The molecule has 4 nitrogen and oxygen atoms in total. The predicted octanol–water partition coefficient (Wildman–Crippen LogP) is 2.78. The molecule has 2 aromatic rings. The van der Waals surface area contributed by atoms with Gasteiger partial charge in [0.2, 0.25) is 5.91 Å². The lowest BCUT2D eigenvalue weighted by molar-refractivity contribution is -0.120. The SMILES string of the molecule is Cc1ccc(-c2nc(CC(=O)NCCC3CCNC3)cs2)cc1. The number of aromatic nitrogens is 1. The smallest absolute Gasteiger partial charge is 0.226 e. The van der Waals surface area contributed by atoms with E-state index in [1.807, 2.05) is 5.38 Å². The first-order valence-electron chi connectivity index (χ1n) is 8.19. The van der Waals surface area contributed by atoms with Crippen LogP contribution in [0.5, 0.6) is 0 Å². The van der Waals surface area contributed by atoms with Crippen LogP contribution in [0.1, 0.15) is 24.1 Å². The maximum Gasteiger partial charge on any atom is 0.226 e. The van der Waals surface area contributed by atoms with E-state index >= 15 is 0 Å². The summed E-state index contributed by atoms with van der Waals surface area (Å²) in [6.45, 7) is 5.03. The quantitative estimate of drug-likeness (QED) is 0.857. The lowest BCUT2D eigenvalue weighted by Crippen LogP contribution is -2.27. The molecule has 0 radical (unpaired) electrons. The summed E-state index contributed by atoms with van der Waals surface area (Å²) in [5.74, 6) is 0.777. The van der Waals surface area contributed by atoms with Crippen molar-refractivity contribution in [1.82, 2.24) is 15.6 Å². The molecule has 1 amide bonds. The summed E-state index contributed by atoms with van der Waals surface area (Å²) in [5, 5.41) is 9.32. The van der Waals surface area contributed by atoms with Crippen molar-refractivity contribution in [3.05, 3.63) is 40.9 Å². The molecule has 2 N–H and O–H groups in total. The highest BCUT2D eigenvalue weighted by atomic mass is 32.1. The second kappa shape index (κ2) is 7.70. The Labute approximate surface area is 141 Å². The minimum atomic E-state index is 0.0664. The van der Waals surface area contributed by atoms with Crippen LogP contribution in [0.4, 0.5) is 0 Å². The van der Waals surface area contributed by atoms with Crippen LogP contribution in [-0.4, -0.2) is 30.5 Å². The van der Waals surface area contributed by atoms with Crippen molar-refractivity contribution in [3.8, 4) is 10.6 Å². The third-order valence-corrected chi connectivity index (χ3v) is 5.17. The normalized spacial score (nSPS) is 17.3. The maximum absolute atomic E-state index is 12.0. The van der Waals surface area contributed by atoms with Crippen molar-refractivity contribution in [2.24, 2.45) is 5.92 Å². The van der Waals surface area contributed by atoms with Crippen LogP contribution in [0.3, 0.4) is 0 Å². The topological polar surface area (TPSA) is 54.0 Å². The molecule has 1 saturated heterocycles. The van der Waals surface area contributed by atoms with Gasteiger partial charge in [-0.25, -0.2) is 4.98 Å². The zero-order valence-electron chi connectivity index (χ0n) is 13.5. The molecule has 122 valence electrons. The molecule has 1 aliphatic rings. The van der Waals surface area contributed by atoms with Crippen LogP contribution in [0, 0.1) is 12.8 Å². The molecule has 3 rings (SSSR count). The van der Waals surface area contributed by atoms with E-state index in [-0.39, 0.29) is 5.91 Å². The van der Waals surface area contributed by atoms with Gasteiger partial charge in [-0.05, 0) is 38.8 Å². The first-order valence-corrected chi connectivity index (χ1v) is 9.07. The van der Waals surface area contributed by atoms with Gasteiger partial charge in [0.15, 0.2) is 0 Å². The molecule has 0 aliphatic carbocycles. The van der Waals surface area contributed by atoms with E-state index in [0.29, 0.717) is 12.3 Å². The minimum Gasteiger partial charge on any atom is -0.356 e. The Morgan fingerprint density at radius 1 is 1.39 bits per heavy atom. The molecule has 1 aromatic carbocycles. The van der Waals surface area contributed by atoms with Gasteiger partial charge in [0.05, 0.1) is 12.1 Å². The minimum absolute atomic E-state index is 0.0664. The lowest BCUT2D eigenvalue weighted by Gasteiger charge is -2.08. The average Bonchev–Trinajstić information content (AvgIpc) is 3.20. The fourth-order valence-corrected chi connectivity index (χ4v) is 3.65. The molecule has 23 heavy (non-hydrogen) atoms. The summed E-state index contributed by atoms with van der Waals surface area (Å²) >= 11 is 1.60. The number of thiazole rings is 1. The van der Waals surface area contributed by atoms with Gasteiger partial charge in [0.25, 0.3) is 0 Å². The van der Waals surface area contributed by atoms with Gasteiger partial charge >= 0.3 is 0 Å². The van der Waals surface area contributed by atoms with Crippen molar-refractivity contribution in [3.63, 3.8) is 0 Å². The number of carbonyl (C=O) groups excluding carboxylic acids is 1. The molecular weight excluding hydrogens is 306 g/mol. The largest absolute Gasteiger partial charge is 0.356 e. The highest BCUT2D eigenvalue weighted by molar-refractivity contribution is 7.13. The highest BCUT2D eigenvalue weighted by Crippen LogP contribution is 2.24. The van der Waals surface area contributed by atoms with Crippen molar-refractivity contribution < 1.29 is 4.79 Å². The molecule has 1 aliphatic heterocycles. The molecule has 0 bridgehead atoms. The van der Waals surface area contributed by atoms with Crippen LogP contribution < -0.4 is 10.6 Å². The fourth-order valence-electron chi connectivity index (χ4n) is 2.82. The molecule has 0 spiro atoms. The Morgan fingerprint density at radius 2 is 2.22 bits per heavy atom. The van der Waals surface area contributed by atoms with Crippen LogP contribution in [-0.2, 0) is 11.2 Å². The van der Waals surface area contributed by atoms with Gasteiger partial charge < -0.3 is 10.6 Å². The zero-order valence-corrected chi connectivity index (χ0v) is 14.3. The Kier molecular flexibility index (Phi) is 5.41. The van der Waals surface area contributed by atoms with Crippen LogP contribution >= 0.6 is 11.3 Å². The second-order valence-electron chi connectivity index (χ2n) is 6.18. The number of nitrogens with one attached hydrogen (secondary N) is 2. The molecule has 5 heteroatoms. The molecule has 1 fully saturated rings. The number of rotatable bonds is 6. The third-order valence-electron chi connectivity index (χ3n) is 4.23. The lowest BCUT2D eigenvalue weighted by atomic mass is 10.1. The van der Waals surface area contributed by atoms with Gasteiger partial charge in [-0.2, -0.15) is 0 Å². The van der Waals surface area contributed by atoms with E-state index in [0.717, 1.165) is 42.3 Å². The van der Waals surface area contributed by atoms with Gasteiger partial charge in [-0.3, -0.25) is 4.79 Å². The number of amides is 1. The number of hydrogen-bond donors (Lipinski definition) is 2. The Morgan fingerprint density at radius 3 is 2.96 bits per heavy atom. The summed E-state index contributed by atoms with van der Waals surface area (Å²) in [6, 6.07) is 8.32. The van der Waals surface area contributed by atoms with E-state index in [2.05, 4.69) is 46.8 Å². The molecular formula is C18H23N3OS. The second-order valence-corrected chi connectivity index (χ2v) is 7.04. The van der Waals surface area contributed by atoms with Gasteiger partial charge in [0.1, 0.15) is 5.01 Å². The van der Waals surface area contributed by atoms with Crippen molar-refractivity contribution in [2.75, 3.05) is 19.6 Å². The summed E-state index contributed by atoms with van der Waals surface area (Å²) in [5.41, 5.74) is 3.20. The number of carbonyl (C=O) groups is 1. The van der Waals surface area contributed by atoms with Gasteiger partial charge in [-0.1, -0.05) is 29.8 Å². The first-order chi connectivity index (χ1) is 11.2. The standard InChI is InChI=1S/C18H23N3OS/c1-13-2-4-15(5-3-13)18-21-16(12-23-18)10-17(22)20-9-7-14-6-8-19-11-14/h2-5,12,14,19H,6-11H2,1H3,(H,20,22). The molecule has 1 atom stereocenters. The van der Waals surface area contributed by atoms with E-state index in [1.165, 1.54) is 12.0 Å². The summed E-state index contributed by atoms with van der Waals surface area (Å²) in [4.78, 5) is 16.6. The number of hydrogen-bond acceptors (Lipinski definition) is 4. The van der Waals surface area contributed by atoms with Crippen molar-refractivity contribution in [2.45, 2.75) is 26.2 Å². The fraction of sp³-hybridized carbons (Fsp3) is 0.444. The van der Waals surface area contributed by atoms with E-state index in [9.17, 15) is 4.79 Å². The van der Waals surface area contributed by atoms with E-state index < -0.39 is 0 Å². The van der Waals surface area contributed by atoms with E-state index in [1.54, 1.807) is 11.3 Å². The van der Waals surface area contributed by atoms with Crippen LogP contribution in [0.25, 0.3) is 10.6 Å². The number of benzene rings is 1. The number of nitrogens with zero attached hydrogens (tertiary/aromatic N) is 1. The third kappa shape index (κ3) is 4.62. The Bertz CT molecular complexity index is 645. The monoisotopic (exact) mass is 329 g/mol. The average molecular weight is 329 g/mol. The van der Waals surface area contributed by atoms with Crippen LogP contribution in [0.2, 0.25) is 0 Å². The highest BCUT2D eigenvalue weighted by Gasteiger charge is 2.14. The van der Waals surface area contributed by atoms with E-state index in [4.69, 9.17) is 0 Å². The number of aryl methyl sites for hydroxylation is 1. The summed E-state index contributed by atoms with van der Waals surface area (Å²) in [6.07, 6.45) is 2.65. The maximum atomic E-state index is 12.0. The first kappa shape index (κ1) is 16.1. The predicted molar refractivity (Wildman–Crippen MR) is 94.6 cm³/mol. The van der Waals surface area contributed by atoms with Crippen LogP contribution in [0.15, 0.2) is 29.6 Å². The Hall–Kier alpha value is -1.72. The van der Waals surface area contributed by atoms with Gasteiger partial charge in [-0.15, -0.1) is 11.3 Å². The van der Waals surface area contributed by atoms with Crippen molar-refractivity contribution in [1.29, 1.82) is 0 Å². The molecule has 2 heterocycles. The summed E-state index contributed by atoms with van der Waals surface area (Å²) < 4.78 is 0. The molecule has 1 unspecified atom stereocenters. The summed E-state index contributed by atoms with van der Waals surface area (Å²) in [7, 11) is 0. The molecule has 1 aromatic heterocycles. The van der Waals surface area contributed by atoms with Gasteiger partial charge in [0, 0.05) is 17.5 Å². The van der Waals surface area contributed by atoms with Crippen molar-refractivity contribution >= 4 is 17.2 Å². The Balaban J connectivity index is 1.48.